The van der Waals surface area contributed by atoms with Gasteiger partial charge in [-0.1, -0.05) is 18.2 Å². The molecule has 4 rings (SSSR count). The summed E-state index contributed by atoms with van der Waals surface area (Å²) in [6.45, 7) is 7.72. The van der Waals surface area contributed by atoms with E-state index < -0.39 is 0 Å². The number of likely N-dealkylation sites (tertiary alicyclic amines) is 1. The van der Waals surface area contributed by atoms with Crippen LogP contribution in [0.2, 0.25) is 0 Å². The van der Waals surface area contributed by atoms with Crippen LogP contribution in [0.3, 0.4) is 0 Å². The zero-order chi connectivity index (χ0) is 19.0. The molecule has 0 saturated carbocycles. The normalized spacial score (nSPS) is 18.3. The molecule has 1 atom stereocenters. The number of pyridine rings is 1. The van der Waals surface area contributed by atoms with Gasteiger partial charge in [-0.05, 0) is 50.4 Å². The van der Waals surface area contributed by atoms with Crippen molar-refractivity contribution in [1.82, 2.24) is 24.2 Å². The van der Waals surface area contributed by atoms with Crippen molar-refractivity contribution in [2.75, 3.05) is 13.1 Å². The number of fused-ring (bicyclic) bond motifs is 1. The van der Waals surface area contributed by atoms with E-state index in [9.17, 15) is 4.79 Å². The Morgan fingerprint density at radius 2 is 2.11 bits per heavy atom. The Labute approximate surface area is 159 Å². The summed E-state index contributed by atoms with van der Waals surface area (Å²) in [6, 6.07) is 8.57. The number of rotatable bonds is 4. The largest absolute Gasteiger partial charge is 0.345 e. The summed E-state index contributed by atoms with van der Waals surface area (Å²) >= 11 is 0. The van der Waals surface area contributed by atoms with Crippen molar-refractivity contribution >= 4 is 10.9 Å². The summed E-state index contributed by atoms with van der Waals surface area (Å²) in [6.07, 6.45) is 4.07. The molecule has 27 heavy (non-hydrogen) atoms. The van der Waals surface area contributed by atoms with E-state index >= 15 is 0 Å². The molecule has 1 aliphatic heterocycles. The van der Waals surface area contributed by atoms with Crippen LogP contribution in [0.1, 0.15) is 42.6 Å². The lowest BCUT2D eigenvalue weighted by atomic mass is 9.96. The van der Waals surface area contributed by atoms with Gasteiger partial charge in [-0.2, -0.15) is 5.10 Å². The van der Waals surface area contributed by atoms with Crippen LogP contribution in [-0.4, -0.2) is 37.3 Å². The standard InChI is InChI=1S/C21H27N5O/c1-4-26-20(23-24(3)21(26)27)17-7-6-12-25(14-17)13-16-10-9-15(2)19-18(16)8-5-11-22-19/h5,8-11,17H,4,6-7,12-14H2,1-3H3/t17-/m0/s1. The van der Waals surface area contributed by atoms with Crippen molar-refractivity contribution in [3.05, 3.63) is 57.9 Å². The van der Waals surface area contributed by atoms with Crippen molar-refractivity contribution in [3.8, 4) is 0 Å². The van der Waals surface area contributed by atoms with Crippen LogP contribution in [-0.2, 0) is 20.1 Å². The van der Waals surface area contributed by atoms with Crippen LogP contribution in [0.25, 0.3) is 10.9 Å². The lowest BCUT2D eigenvalue weighted by Crippen LogP contribution is -2.35. The van der Waals surface area contributed by atoms with Crippen molar-refractivity contribution in [3.63, 3.8) is 0 Å². The highest BCUT2D eigenvalue weighted by molar-refractivity contribution is 5.84. The van der Waals surface area contributed by atoms with Gasteiger partial charge >= 0.3 is 5.69 Å². The molecule has 142 valence electrons. The molecule has 2 aromatic heterocycles. The number of hydrogen-bond donors (Lipinski definition) is 0. The van der Waals surface area contributed by atoms with E-state index in [4.69, 9.17) is 0 Å². The third kappa shape index (κ3) is 3.30. The van der Waals surface area contributed by atoms with Crippen LogP contribution >= 0.6 is 0 Å². The Balaban J connectivity index is 1.59. The van der Waals surface area contributed by atoms with Crippen LogP contribution in [0, 0.1) is 6.92 Å². The van der Waals surface area contributed by atoms with E-state index in [2.05, 4.69) is 40.1 Å². The molecule has 0 N–H and O–H groups in total. The predicted octanol–water partition coefficient (Wildman–Crippen LogP) is 2.84. The fourth-order valence-electron chi connectivity index (χ4n) is 4.28. The zero-order valence-electron chi connectivity index (χ0n) is 16.4. The number of hydrogen-bond acceptors (Lipinski definition) is 4. The van der Waals surface area contributed by atoms with Gasteiger partial charge < -0.3 is 0 Å². The molecule has 0 aliphatic carbocycles. The predicted molar refractivity (Wildman–Crippen MR) is 107 cm³/mol. The summed E-state index contributed by atoms with van der Waals surface area (Å²) in [5.74, 6) is 1.24. The first-order chi connectivity index (χ1) is 13.1. The molecule has 0 radical (unpaired) electrons. The molecule has 1 aromatic carbocycles. The number of piperidine rings is 1. The summed E-state index contributed by atoms with van der Waals surface area (Å²) < 4.78 is 3.29. The second kappa shape index (κ2) is 7.27. The number of aryl methyl sites for hydroxylation is 2. The zero-order valence-corrected chi connectivity index (χ0v) is 16.4. The minimum atomic E-state index is -0.0137. The summed E-state index contributed by atoms with van der Waals surface area (Å²) in [7, 11) is 1.74. The molecular formula is C21H27N5O. The Hall–Kier alpha value is -2.47. The van der Waals surface area contributed by atoms with Gasteiger partial charge in [0.2, 0.25) is 0 Å². The van der Waals surface area contributed by atoms with Gasteiger partial charge in [-0.3, -0.25) is 14.5 Å². The first-order valence-corrected chi connectivity index (χ1v) is 9.77. The second-order valence-electron chi connectivity index (χ2n) is 7.52. The van der Waals surface area contributed by atoms with E-state index in [-0.39, 0.29) is 5.69 Å². The Morgan fingerprint density at radius 3 is 2.93 bits per heavy atom. The topological polar surface area (TPSA) is 56.0 Å². The summed E-state index contributed by atoms with van der Waals surface area (Å²) in [5, 5.41) is 5.78. The van der Waals surface area contributed by atoms with Gasteiger partial charge in [-0.25, -0.2) is 9.48 Å². The highest BCUT2D eigenvalue weighted by atomic mass is 16.2. The van der Waals surface area contributed by atoms with Crippen molar-refractivity contribution in [2.45, 2.75) is 45.7 Å². The third-order valence-corrected chi connectivity index (χ3v) is 5.68. The average Bonchev–Trinajstić information content (AvgIpc) is 2.98. The fraction of sp³-hybridized carbons (Fsp3) is 0.476. The first kappa shape index (κ1) is 17.9. The second-order valence-corrected chi connectivity index (χ2v) is 7.52. The van der Waals surface area contributed by atoms with Gasteiger partial charge in [0.15, 0.2) is 0 Å². The SMILES string of the molecule is CCn1c([C@H]2CCCN(Cc3ccc(C)c4ncccc34)C2)nn(C)c1=O. The van der Waals surface area contributed by atoms with Crippen molar-refractivity contribution < 1.29 is 0 Å². The van der Waals surface area contributed by atoms with Gasteiger partial charge in [-0.15, -0.1) is 0 Å². The molecule has 0 spiro atoms. The van der Waals surface area contributed by atoms with Crippen LogP contribution < -0.4 is 5.69 Å². The molecule has 1 aliphatic rings. The number of nitrogens with zero attached hydrogens (tertiary/aromatic N) is 5. The lowest BCUT2D eigenvalue weighted by Gasteiger charge is -2.32. The molecule has 6 nitrogen and oxygen atoms in total. The van der Waals surface area contributed by atoms with Crippen LogP contribution in [0.5, 0.6) is 0 Å². The average molecular weight is 365 g/mol. The third-order valence-electron chi connectivity index (χ3n) is 5.68. The molecule has 0 bridgehead atoms. The first-order valence-electron chi connectivity index (χ1n) is 9.77. The molecule has 3 heterocycles. The molecule has 1 saturated heterocycles. The minimum absolute atomic E-state index is 0.0137. The Kier molecular flexibility index (Phi) is 4.83. The fourth-order valence-corrected chi connectivity index (χ4v) is 4.28. The maximum atomic E-state index is 12.3. The highest BCUT2D eigenvalue weighted by Gasteiger charge is 2.27. The molecule has 0 amide bonds. The molecule has 0 unspecified atom stereocenters. The Morgan fingerprint density at radius 1 is 1.26 bits per heavy atom. The van der Waals surface area contributed by atoms with E-state index in [1.54, 1.807) is 7.05 Å². The maximum absolute atomic E-state index is 12.3. The van der Waals surface area contributed by atoms with Gasteiger partial charge in [0, 0.05) is 44.2 Å². The van der Waals surface area contributed by atoms with Gasteiger partial charge in [0.25, 0.3) is 0 Å². The smallest absolute Gasteiger partial charge is 0.298 e. The number of aromatic nitrogens is 4. The van der Waals surface area contributed by atoms with Crippen LogP contribution in [0.15, 0.2) is 35.3 Å². The minimum Gasteiger partial charge on any atom is -0.298 e. The van der Waals surface area contributed by atoms with E-state index in [0.29, 0.717) is 12.5 Å². The number of benzene rings is 1. The molecule has 3 aromatic rings. The van der Waals surface area contributed by atoms with Crippen LogP contribution in [0.4, 0.5) is 0 Å². The summed E-state index contributed by atoms with van der Waals surface area (Å²) in [5.41, 5.74) is 3.61. The van der Waals surface area contributed by atoms with Gasteiger partial charge in [0.1, 0.15) is 5.82 Å². The van der Waals surface area contributed by atoms with Gasteiger partial charge in [0.05, 0.1) is 5.52 Å². The monoisotopic (exact) mass is 365 g/mol. The van der Waals surface area contributed by atoms with E-state index in [0.717, 1.165) is 43.8 Å². The van der Waals surface area contributed by atoms with E-state index in [1.807, 2.05) is 23.8 Å². The molecule has 6 heteroatoms. The molecule has 1 fully saturated rings. The van der Waals surface area contributed by atoms with Crippen molar-refractivity contribution in [2.24, 2.45) is 7.05 Å². The van der Waals surface area contributed by atoms with Crippen molar-refractivity contribution in [1.29, 1.82) is 0 Å². The summed E-state index contributed by atoms with van der Waals surface area (Å²) in [4.78, 5) is 19.3. The van der Waals surface area contributed by atoms with E-state index in [1.165, 1.54) is 21.2 Å². The Bertz CT molecular complexity index is 1020. The maximum Gasteiger partial charge on any atom is 0.345 e. The quantitative estimate of drug-likeness (QED) is 0.713. The molecular weight excluding hydrogens is 338 g/mol. The highest BCUT2D eigenvalue weighted by Crippen LogP contribution is 2.28. The lowest BCUT2D eigenvalue weighted by molar-refractivity contribution is 0.195.